The third kappa shape index (κ3) is 3.63. The predicted octanol–water partition coefficient (Wildman–Crippen LogP) is 1.95. The zero-order valence-electron chi connectivity index (χ0n) is 15.1. The van der Waals surface area contributed by atoms with Gasteiger partial charge < -0.3 is 9.84 Å². The van der Waals surface area contributed by atoms with Gasteiger partial charge in [0.15, 0.2) is 10.7 Å². The first kappa shape index (κ1) is 20.0. The SMILES string of the molecule is C#CCN(C(=O)CC1Sc2ccccc2NC1=O)S(=O)(=O)c1c(C)noc1C. The highest BCUT2D eigenvalue weighted by molar-refractivity contribution is 8.01. The summed E-state index contributed by atoms with van der Waals surface area (Å²) < 4.78 is 31.5. The molecule has 146 valence electrons. The second-order valence-electron chi connectivity index (χ2n) is 6.06. The molecule has 0 fully saturated rings. The van der Waals surface area contributed by atoms with E-state index in [4.69, 9.17) is 10.9 Å². The first-order valence-corrected chi connectivity index (χ1v) is 10.6. The van der Waals surface area contributed by atoms with Gasteiger partial charge in [0.1, 0.15) is 5.69 Å². The second kappa shape index (κ2) is 7.69. The Morgan fingerprint density at radius 3 is 2.75 bits per heavy atom. The fourth-order valence-corrected chi connectivity index (χ4v) is 5.55. The summed E-state index contributed by atoms with van der Waals surface area (Å²) in [6, 6.07) is 7.17. The summed E-state index contributed by atoms with van der Waals surface area (Å²) in [4.78, 5) is 25.8. The van der Waals surface area contributed by atoms with Gasteiger partial charge >= 0.3 is 0 Å². The first-order valence-electron chi connectivity index (χ1n) is 8.24. The van der Waals surface area contributed by atoms with Gasteiger partial charge in [0.25, 0.3) is 10.0 Å². The Morgan fingerprint density at radius 1 is 1.39 bits per heavy atom. The maximum Gasteiger partial charge on any atom is 0.272 e. The number of sulfonamides is 1. The lowest BCUT2D eigenvalue weighted by Crippen LogP contribution is -2.41. The molecule has 2 aromatic rings. The molecule has 1 N–H and O–H groups in total. The summed E-state index contributed by atoms with van der Waals surface area (Å²) in [5, 5.41) is 5.58. The summed E-state index contributed by atoms with van der Waals surface area (Å²) in [7, 11) is -4.27. The summed E-state index contributed by atoms with van der Waals surface area (Å²) in [5.74, 6) is 1.11. The number of nitrogens with zero attached hydrogens (tertiary/aromatic N) is 2. The summed E-state index contributed by atoms with van der Waals surface area (Å²) in [5.41, 5.74) is 0.788. The zero-order chi connectivity index (χ0) is 20.5. The quantitative estimate of drug-likeness (QED) is 0.738. The van der Waals surface area contributed by atoms with Gasteiger partial charge in [-0.05, 0) is 26.0 Å². The average molecular weight is 419 g/mol. The molecule has 0 radical (unpaired) electrons. The number of amides is 2. The van der Waals surface area contributed by atoms with Gasteiger partial charge in [-0.25, -0.2) is 12.7 Å². The molecule has 1 aromatic heterocycles. The van der Waals surface area contributed by atoms with Crippen LogP contribution in [0.3, 0.4) is 0 Å². The van der Waals surface area contributed by atoms with Crippen molar-refractivity contribution >= 4 is 39.3 Å². The Hall–Kier alpha value is -2.77. The van der Waals surface area contributed by atoms with Crippen molar-refractivity contribution in [3.05, 3.63) is 35.7 Å². The van der Waals surface area contributed by atoms with E-state index in [9.17, 15) is 18.0 Å². The van der Waals surface area contributed by atoms with E-state index in [1.54, 1.807) is 12.1 Å². The van der Waals surface area contributed by atoms with E-state index < -0.39 is 27.7 Å². The van der Waals surface area contributed by atoms with Gasteiger partial charge in [-0.15, -0.1) is 18.2 Å². The topological polar surface area (TPSA) is 110 Å². The number of rotatable bonds is 5. The molecular formula is C18H17N3O5S2. The Morgan fingerprint density at radius 2 is 2.11 bits per heavy atom. The number of nitrogens with one attached hydrogen (secondary N) is 1. The third-order valence-electron chi connectivity index (χ3n) is 4.10. The molecule has 0 bridgehead atoms. The van der Waals surface area contributed by atoms with Crippen LogP contribution in [0, 0.1) is 26.2 Å². The lowest BCUT2D eigenvalue weighted by molar-refractivity contribution is -0.128. The van der Waals surface area contributed by atoms with E-state index in [2.05, 4.69) is 16.4 Å². The Balaban J connectivity index is 1.87. The van der Waals surface area contributed by atoms with E-state index in [1.807, 2.05) is 12.1 Å². The summed E-state index contributed by atoms with van der Waals surface area (Å²) in [6.45, 7) is 2.44. The molecule has 1 unspecified atom stereocenters. The van der Waals surface area contributed by atoms with Crippen molar-refractivity contribution in [3.8, 4) is 12.3 Å². The van der Waals surface area contributed by atoms with Gasteiger partial charge in [-0.1, -0.05) is 23.2 Å². The second-order valence-corrected chi connectivity index (χ2v) is 9.10. The minimum Gasteiger partial charge on any atom is -0.360 e. The largest absolute Gasteiger partial charge is 0.360 e. The predicted molar refractivity (Wildman–Crippen MR) is 103 cm³/mol. The molecule has 10 heteroatoms. The summed E-state index contributed by atoms with van der Waals surface area (Å²) >= 11 is 1.21. The minimum atomic E-state index is -4.27. The molecule has 1 aromatic carbocycles. The van der Waals surface area contributed by atoms with Gasteiger partial charge in [-0.3, -0.25) is 9.59 Å². The molecule has 2 heterocycles. The van der Waals surface area contributed by atoms with Crippen LogP contribution in [0.1, 0.15) is 17.9 Å². The number of benzene rings is 1. The van der Waals surface area contributed by atoms with E-state index in [0.717, 1.165) is 4.90 Å². The fourth-order valence-electron chi connectivity index (χ4n) is 2.83. The van der Waals surface area contributed by atoms with E-state index in [0.29, 0.717) is 9.99 Å². The number of thioether (sulfide) groups is 1. The average Bonchev–Trinajstić information content (AvgIpc) is 2.99. The van der Waals surface area contributed by atoms with Crippen molar-refractivity contribution in [3.63, 3.8) is 0 Å². The van der Waals surface area contributed by atoms with Crippen molar-refractivity contribution < 1.29 is 22.5 Å². The molecule has 1 atom stereocenters. The maximum atomic E-state index is 13.0. The highest BCUT2D eigenvalue weighted by atomic mass is 32.2. The molecule has 1 aliphatic rings. The van der Waals surface area contributed by atoms with Crippen molar-refractivity contribution in [2.24, 2.45) is 0 Å². The highest BCUT2D eigenvalue weighted by Crippen LogP contribution is 2.37. The molecule has 3 rings (SSSR count). The molecule has 0 aliphatic carbocycles. The molecule has 8 nitrogen and oxygen atoms in total. The van der Waals surface area contributed by atoms with E-state index in [-0.39, 0.29) is 28.7 Å². The lowest BCUT2D eigenvalue weighted by atomic mass is 10.2. The Kier molecular flexibility index (Phi) is 5.49. The van der Waals surface area contributed by atoms with Crippen molar-refractivity contribution in [1.29, 1.82) is 0 Å². The van der Waals surface area contributed by atoms with E-state index in [1.165, 1.54) is 25.6 Å². The van der Waals surface area contributed by atoms with Crippen LogP contribution in [0.25, 0.3) is 0 Å². The molecule has 0 saturated heterocycles. The van der Waals surface area contributed by atoms with Crippen molar-refractivity contribution in [2.45, 2.75) is 35.3 Å². The molecule has 0 spiro atoms. The van der Waals surface area contributed by atoms with Gasteiger partial charge in [0.05, 0.1) is 17.5 Å². The van der Waals surface area contributed by atoms with Crippen molar-refractivity contribution in [1.82, 2.24) is 9.46 Å². The molecule has 2 amide bonds. The van der Waals surface area contributed by atoms with Crippen LogP contribution in [0.2, 0.25) is 0 Å². The minimum absolute atomic E-state index is 0.0611. The van der Waals surface area contributed by atoms with E-state index >= 15 is 0 Å². The smallest absolute Gasteiger partial charge is 0.272 e. The van der Waals surface area contributed by atoms with Crippen LogP contribution >= 0.6 is 11.8 Å². The van der Waals surface area contributed by atoms with Gasteiger partial charge in [0, 0.05) is 11.3 Å². The lowest BCUT2D eigenvalue weighted by Gasteiger charge is -2.26. The number of terminal acetylenes is 1. The van der Waals surface area contributed by atoms with Crippen LogP contribution in [-0.2, 0) is 19.6 Å². The number of fused-ring (bicyclic) bond motifs is 1. The number of hydrogen-bond donors (Lipinski definition) is 1. The molecule has 0 saturated carbocycles. The van der Waals surface area contributed by atoms with Gasteiger partial charge in [0.2, 0.25) is 11.8 Å². The van der Waals surface area contributed by atoms with Crippen LogP contribution in [0.4, 0.5) is 5.69 Å². The highest BCUT2D eigenvalue weighted by Gasteiger charge is 2.37. The molecule has 28 heavy (non-hydrogen) atoms. The number of carbonyl (C=O) groups excluding carboxylic acids is 2. The normalized spacial score (nSPS) is 16.0. The molecule has 1 aliphatic heterocycles. The standard InChI is InChI=1S/C18H17N3O5S2/c1-4-9-21(28(24,25)17-11(2)20-26-12(17)3)16(22)10-15-18(23)19-13-7-5-6-8-14(13)27-15/h1,5-8,15H,9-10H2,2-3H3,(H,19,23). The molecular weight excluding hydrogens is 402 g/mol. The van der Waals surface area contributed by atoms with Crippen molar-refractivity contribution in [2.75, 3.05) is 11.9 Å². The van der Waals surface area contributed by atoms with Crippen LogP contribution in [0.5, 0.6) is 0 Å². The van der Waals surface area contributed by atoms with Crippen LogP contribution in [0.15, 0.2) is 38.6 Å². The maximum absolute atomic E-state index is 13.0. The number of hydrogen-bond acceptors (Lipinski definition) is 7. The Bertz CT molecular complexity index is 1070. The summed E-state index contributed by atoms with van der Waals surface area (Å²) in [6.07, 6.45) is 4.96. The number of para-hydroxylation sites is 1. The zero-order valence-corrected chi connectivity index (χ0v) is 16.8. The third-order valence-corrected chi connectivity index (χ3v) is 7.38. The number of carbonyl (C=O) groups is 2. The number of anilines is 1. The van der Waals surface area contributed by atoms with Crippen LogP contribution < -0.4 is 5.32 Å². The Labute approximate surface area is 166 Å². The number of aryl methyl sites for hydroxylation is 2. The van der Waals surface area contributed by atoms with Gasteiger partial charge in [-0.2, -0.15) is 0 Å². The number of aromatic nitrogens is 1. The fraction of sp³-hybridized carbons (Fsp3) is 0.278. The monoisotopic (exact) mass is 419 g/mol. The van der Waals surface area contributed by atoms with Crippen LogP contribution in [-0.4, -0.2) is 41.5 Å². The first-order chi connectivity index (χ1) is 13.3.